The molecule has 1 aromatic carbocycles. The van der Waals surface area contributed by atoms with Crippen LogP contribution in [0, 0.1) is 0 Å². The highest BCUT2D eigenvalue weighted by molar-refractivity contribution is 7.98. The molecule has 0 saturated heterocycles. The fourth-order valence-electron chi connectivity index (χ4n) is 2.01. The Morgan fingerprint density at radius 1 is 0.917 bits per heavy atom. The van der Waals surface area contributed by atoms with Crippen molar-refractivity contribution in [1.29, 1.82) is 0 Å². The molecule has 0 amide bonds. The second kappa shape index (κ2) is 7.00. The molecule has 0 atom stereocenters. The van der Waals surface area contributed by atoms with E-state index < -0.39 is 11.7 Å². The van der Waals surface area contributed by atoms with Crippen molar-refractivity contribution in [3.8, 4) is 11.3 Å². The van der Waals surface area contributed by atoms with Crippen molar-refractivity contribution in [2.45, 2.75) is 17.0 Å². The van der Waals surface area contributed by atoms with E-state index in [1.54, 1.807) is 12.4 Å². The molecule has 0 spiro atoms. The van der Waals surface area contributed by atoms with Gasteiger partial charge in [-0.2, -0.15) is 13.2 Å². The second-order valence-electron chi connectivity index (χ2n) is 4.98. The smallest absolute Gasteiger partial charge is 0.264 e. The summed E-state index contributed by atoms with van der Waals surface area (Å²) >= 11 is 1.42. The molecular weight excluding hydrogens is 335 g/mol. The van der Waals surface area contributed by atoms with Gasteiger partial charge in [0.1, 0.15) is 5.03 Å². The molecular formula is C17H12F3N3S. The minimum absolute atomic E-state index is 0.527. The molecule has 24 heavy (non-hydrogen) atoms. The summed E-state index contributed by atoms with van der Waals surface area (Å²) in [5.41, 5.74) is 1.76. The Morgan fingerprint density at radius 2 is 1.71 bits per heavy atom. The highest BCUT2D eigenvalue weighted by Crippen LogP contribution is 2.30. The zero-order valence-corrected chi connectivity index (χ0v) is 13.2. The van der Waals surface area contributed by atoms with Crippen LogP contribution in [0.2, 0.25) is 0 Å². The number of hydrogen-bond acceptors (Lipinski definition) is 4. The first-order chi connectivity index (χ1) is 11.5. The van der Waals surface area contributed by atoms with E-state index in [0.717, 1.165) is 29.0 Å². The summed E-state index contributed by atoms with van der Waals surface area (Å²) in [7, 11) is 0. The molecule has 3 aromatic rings. The highest BCUT2D eigenvalue weighted by Gasteiger charge is 2.29. The van der Waals surface area contributed by atoms with E-state index in [1.165, 1.54) is 23.9 Å². The van der Waals surface area contributed by atoms with Gasteiger partial charge in [0.15, 0.2) is 0 Å². The Hall–Kier alpha value is -2.41. The first-order valence-corrected chi connectivity index (χ1v) is 8.04. The lowest BCUT2D eigenvalue weighted by molar-refractivity contribution is -0.137. The number of aromatic nitrogens is 3. The molecule has 0 fully saturated rings. The third-order valence-corrected chi connectivity index (χ3v) is 4.26. The van der Waals surface area contributed by atoms with Crippen molar-refractivity contribution < 1.29 is 13.2 Å². The van der Waals surface area contributed by atoms with E-state index in [-0.39, 0.29) is 0 Å². The van der Waals surface area contributed by atoms with E-state index in [4.69, 9.17) is 0 Å². The molecule has 122 valence electrons. The molecule has 7 heteroatoms. The van der Waals surface area contributed by atoms with Gasteiger partial charge in [-0.05, 0) is 42.0 Å². The zero-order chi connectivity index (χ0) is 17.0. The van der Waals surface area contributed by atoms with Gasteiger partial charge in [0.05, 0.1) is 11.3 Å². The number of halogens is 3. The van der Waals surface area contributed by atoms with Gasteiger partial charge in [0.2, 0.25) is 0 Å². The zero-order valence-electron chi connectivity index (χ0n) is 12.4. The fraction of sp³-hybridized carbons (Fsp3) is 0.118. The van der Waals surface area contributed by atoms with Crippen LogP contribution in [0.15, 0.2) is 66.0 Å². The summed E-state index contributed by atoms with van der Waals surface area (Å²) in [6.07, 6.45) is -0.913. The summed E-state index contributed by atoms with van der Waals surface area (Å²) in [6.45, 7) is 0. The predicted octanol–water partition coefficient (Wildman–Crippen LogP) is 4.85. The Kier molecular flexibility index (Phi) is 4.80. The van der Waals surface area contributed by atoms with Gasteiger partial charge in [-0.15, -0.1) is 10.2 Å². The minimum Gasteiger partial charge on any atom is -0.264 e. The predicted molar refractivity (Wildman–Crippen MR) is 86.3 cm³/mol. The van der Waals surface area contributed by atoms with Gasteiger partial charge in [-0.1, -0.05) is 23.9 Å². The molecule has 0 aliphatic rings. The number of hydrogen-bond donors (Lipinski definition) is 0. The summed E-state index contributed by atoms with van der Waals surface area (Å²) in [5, 5.41) is 8.99. The van der Waals surface area contributed by atoms with Crippen LogP contribution in [0.4, 0.5) is 13.2 Å². The van der Waals surface area contributed by atoms with E-state index in [1.807, 2.05) is 24.3 Å². The quantitative estimate of drug-likeness (QED) is 0.633. The fourth-order valence-corrected chi connectivity index (χ4v) is 2.78. The van der Waals surface area contributed by atoms with Crippen LogP contribution >= 0.6 is 11.8 Å². The van der Waals surface area contributed by atoms with Crippen LogP contribution in [-0.2, 0) is 11.9 Å². The average molecular weight is 347 g/mol. The Bertz CT molecular complexity index is 788. The largest absolute Gasteiger partial charge is 0.416 e. The molecule has 0 aliphatic carbocycles. The molecule has 0 bridgehead atoms. The van der Waals surface area contributed by atoms with Crippen molar-refractivity contribution in [3.63, 3.8) is 0 Å². The van der Waals surface area contributed by atoms with Crippen LogP contribution in [0.3, 0.4) is 0 Å². The maximum atomic E-state index is 12.5. The maximum absolute atomic E-state index is 12.5. The van der Waals surface area contributed by atoms with Gasteiger partial charge in [-0.3, -0.25) is 4.98 Å². The maximum Gasteiger partial charge on any atom is 0.416 e. The SMILES string of the molecule is FC(F)(F)c1ccc(CSc2ccc(-c3cccnc3)nn2)cc1. The van der Waals surface area contributed by atoms with Crippen molar-refractivity contribution in [2.24, 2.45) is 0 Å². The molecule has 0 radical (unpaired) electrons. The molecule has 0 saturated carbocycles. The van der Waals surface area contributed by atoms with Crippen molar-refractivity contribution in [3.05, 3.63) is 72.1 Å². The van der Waals surface area contributed by atoms with Crippen LogP contribution < -0.4 is 0 Å². The van der Waals surface area contributed by atoms with Crippen LogP contribution in [0.1, 0.15) is 11.1 Å². The standard InChI is InChI=1S/C17H12F3N3S/c18-17(19,20)14-5-3-12(4-6-14)11-24-16-8-7-15(22-23-16)13-2-1-9-21-10-13/h1-10H,11H2. The molecule has 3 rings (SSSR count). The lowest BCUT2D eigenvalue weighted by Crippen LogP contribution is -2.04. The number of pyridine rings is 1. The van der Waals surface area contributed by atoms with Gasteiger partial charge in [0, 0.05) is 23.7 Å². The third kappa shape index (κ3) is 4.11. The van der Waals surface area contributed by atoms with E-state index >= 15 is 0 Å². The first-order valence-electron chi connectivity index (χ1n) is 7.05. The molecule has 0 unspecified atom stereocenters. The Morgan fingerprint density at radius 3 is 2.29 bits per heavy atom. The van der Waals surface area contributed by atoms with Crippen molar-refractivity contribution in [2.75, 3.05) is 0 Å². The van der Waals surface area contributed by atoms with Crippen LogP contribution in [-0.4, -0.2) is 15.2 Å². The Balaban J connectivity index is 1.63. The summed E-state index contributed by atoms with van der Waals surface area (Å²) in [4.78, 5) is 4.03. The lowest BCUT2D eigenvalue weighted by atomic mass is 10.1. The minimum atomic E-state index is -4.31. The van der Waals surface area contributed by atoms with Crippen LogP contribution in [0.5, 0.6) is 0 Å². The molecule has 0 N–H and O–H groups in total. The van der Waals surface area contributed by atoms with Crippen molar-refractivity contribution >= 4 is 11.8 Å². The van der Waals surface area contributed by atoms with Gasteiger partial charge >= 0.3 is 6.18 Å². The molecule has 3 nitrogen and oxygen atoms in total. The topological polar surface area (TPSA) is 38.7 Å². The summed E-state index contributed by atoms with van der Waals surface area (Å²) in [5.74, 6) is 0.527. The monoisotopic (exact) mass is 347 g/mol. The van der Waals surface area contributed by atoms with E-state index in [2.05, 4.69) is 15.2 Å². The van der Waals surface area contributed by atoms with Gasteiger partial charge in [0.25, 0.3) is 0 Å². The summed E-state index contributed by atoms with van der Waals surface area (Å²) < 4.78 is 37.6. The number of benzene rings is 1. The van der Waals surface area contributed by atoms with E-state index in [9.17, 15) is 13.2 Å². The highest BCUT2D eigenvalue weighted by atomic mass is 32.2. The normalized spacial score (nSPS) is 11.5. The Labute approximate surface area is 141 Å². The molecule has 2 aromatic heterocycles. The average Bonchev–Trinajstić information content (AvgIpc) is 2.61. The molecule has 0 aliphatic heterocycles. The second-order valence-corrected chi connectivity index (χ2v) is 5.98. The number of thioether (sulfide) groups is 1. The summed E-state index contributed by atoms with van der Waals surface area (Å²) in [6, 6.07) is 12.5. The lowest BCUT2D eigenvalue weighted by Gasteiger charge is -2.07. The number of alkyl halides is 3. The van der Waals surface area contributed by atoms with Gasteiger partial charge < -0.3 is 0 Å². The van der Waals surface area contributed by atoms with E-state index in [0.29, 0.717) is 10.8 Å². The number of rotatable bonds is 4. The van der Waals surface area contributed by atoms with Crippen molar-refractivity contribution in [1.82, 2.24) is 15.2 Å². The third-order valence-electron chi connectivity index (χ3n) is 3.27. The first kappa shape index (κ1) is 16.4. The number of nitrogens with zero attached hydrogens (tertiary/aromatic N) is 3. The van der Waals surface area contributed by atoms with Gasteiger partial charge in [-0.25, -0.2) is 0 Å². The van der Waals surface area contributed by atoms with Crippen LogP contribution in [0.25, 0.3) is 11.3 Å². The molecule has 2 heterocycles.